The predicted octanol–water partition coefficient (Wildman–Crippen LogP) is 0.723. The molecule has 1 fully saturated rings. The fourth-order valence-electron chi connectivity index (χ4n) is 1.71. The number of carbonyl (C=O) groups excluding carboxylic acids is 1. The molecule has 5 nitrogen and oxygen atoms in total. The van der Waals surface area contributed by atoms with Gasteiger partial charge in [0.1, 0.15) is 12.6 Å². The molecule has 100 valence electrons. The molecule has 0 aromatic rings. The molecule has 0 saturated carbocycles. The highest BCUT2D eigenvalue weighted by Crippen LogP contribution is 2.10. The van der Waals surface area contributed by atoms with Gasteiger partial charge in [-0.2, -0.15) is 0 Å². The summed E-state index contributed by atoms with van der Waals surface area (Å²) in [6, 6.07) is -0.226. The zero-order valence-electron chi connectivity index (χ0n) is 10.7. The highest BCUT2D eigenvalue weighted by atomic mass is 16.6. The molecule has 17 heavy (non-hydrogen) atoms. The summed E-state index contributed by atoms with van der Waals surface area (Å²) in [5.41, 5.74) is 0. The quantitative estimate of drug-likeness (QED) is 0.504. The number of unbranched alkanes of at least 4 members (excludes halogenated alkanes) is 1. The Bertz CT molecular complexity index is 223. The molecule has 1 N–H and O–H groups in total. The van der Waals surface area contributed by atoms with Crippen LogP contribution in [0.25, 0.3) is 0 Å². The van der Waals surface area contributed by atoms with Gasteiger partial charge in [0.25, 0.3) is 0 Å². The van der Waals surface area contributed by atoms with Gasteiger partial charge in [0.05, 0.1) is 12.7 Å². The van der Waals surface area contributed by atoms with Gasteiger partial charge in [-0.15, -0.1) is 0 Å². The van der Waals surface area contributed by atoms with Gasteiger partial charge in [-0.3, -0.25) is 4.79 Å². The van der Waals surface area contributed by atoms with Gasteiger partial charge in [-0.25, -0.2) is 0 Å². The van der Waals surface area contributed by atoms with Gasteiger partial charge in [0.2, 0.25) is 0 Å². The van der Waals surface area contributed by atoms with Crippen molar-refractivity contribution in [1.29, 1.82) is 0 Å². The monoisotopic (exact) mass is 245 g/mol. The molecule has 0 aromatic heterocycles. The first-order valence-electron chi connectivity index (χ1n) is 6.28. The topological polar surface area (TPSA) is 56.8 Å². The third-order valence-corrected chi connectivity index (χ3v) is 2.82. The third-order valence-electron chi connectivity index (χ3n) is 2.82. The maximum Gasteiger partial charge on any atom is 0.323 e. The first kappa shape index (κ1) is 14.4. The van der Waals surface area contributed by atoms with Crippen LogP contribution in [0.3, 0.4) is 0 Å². The molecule has 1 rings (SSSR count). The number of nitrogens with one attached hydrogen (secondary N) is 1. The van der Waals surface area contributed by atoms with Crippen LogP contribution < -0.4 is 5.32 Å². The van der Waals surface area contributed by atoms with Crippen molar-refractivity contribution in [2.45, 2.75) is 38.3 Å². The lowest BCUT2D eigenvalue weighted by Crippen LogP contribution is -2.33. The molecule has 5 heteroatoms. The van der Waals surface area contributed by atoms with Crippen LogP contribution in [-0.4, -0.2) is 51.6 Å². The van der Waals surface area contributed by atoms with Crippen LogP contribution in [0.15, 0.2) is 0 Å². The van der Waals surface area contributed by atoms with E-state index in [1.165, 1.54) is 0 Å². The fourth-order valence-corrected chi connectivity index (χ4v) is 1.71. The fraction of sp³-hybridized carbons (Fsp3) is 0.917. The highest BCUT2D eigenvalue weighted by molar-refractivity contribution is 5.76. The second kappa shape index (κ2) is 8.44. The summed E-state index contributed by atoms with van der Waals surface area (Å²) in [6.45, 7) is 4.37. The normalized spacial score (nSPS) is 23.9. The minimum absolute atomic E-state index is 0.119. The average Bonchev–Trinajstić information content (AvgIpc) is 2.82. The Morgan fingerprint density at radius 3 is 2.82 bits per heavy atom. The molecule has 0 bridgehead atoms. The van der Waals surface area contributed by atoms with E-state index in [0.29, 0.717) is 26.2 Å². The molecule has 1 heterocycles. The number of ether oxygens (including phenoxy) is 3. The SMILES string of the molecule is CCCCOCCOC(=O)C1CC(OC)CN1. The van der Waals surface area contributed by atoms with E-state index in [2.05, 4.69) is 12.2 Å². The Morgan fingerprint density at radius 2 is 2.18 bits per heavy atom. The molecule has 0 radical (unpaired) electrons. The standard InChI is InChI=1S/C12H23NO4/c1-3-4-5-16-6-7-17-12(14)11-8-10(15-2)9-13-11/h10-11,13H,3-9H2,1-2H3. The molecule has 0 spiro atoms. The zero-order chi connectivity index (χ0) is 12.5. The summed E-state index contributed by atoms with van der Waals surface area (Å²) < 4.78 is 15.6. The van der Waals surface area contributed by atoms with Crippen LogP contribution in [0.4, 0.5) is 0 Å². The summed E-state index contributed by atoms with van der Waals surface area (Å²) in [4.78, 5) is 11.6. The van der Waals surface area contributed by atoms with Crippen molar-refractivity contribution in [3.8, 4) is 0 Å². The van der Waals surface area contributed by atoms with Crippen LogP contribution in [0.2, 0.25) is 0 Å². The summed E-state index contributed by atoms with van der Waals surface area (Å²) in [5, 5.41) is 3.08. The molecule has 0 aromatic carbocycles. The molecule has 2 atom stereocenters. The van der Waals surface area contributed by atoms with E-state index in [-0.39, 0.29) is 18.1 Å². The van der Waals surface area contributed by atoms with Crippen molar-refractivity contribution in [2.75, 3.05) is 33.5 Å². The summed E-state index contributed by atoms with van der Waals surface area (Å²) >= 11 is 0. The van der Waals surface area contributed by atoms with Crippen LogP contribution >= 0.6 is 0 Å². The molecule has 1 saturated heterocycles. The summed E-state index contributed by atoms with van der Waals surface area (Å²) in [5.74, 6) is -0.205. The van der Waals surface area contributed by atoms with E-state index in [0.717, 1.165) is 19.4 Å². The summed E-state index contributed by atoms with van der Waals surface area (Å²) in [7, 11) is 1.65. The van der Waals surface area contributed by atoms with Crippen LogP contribution in [0.5, 0.6) is 0 Å². The van der Waals surface area contributed by atoms with E-state index in [4.69, 9.17) is 14.2 Å². The second-order valence-corrected chi connectivity index (χ2v) is 4.19. The molecular weight excluding hydrogens is 222 g/mol. The number of methoxy groups -OCH3 is 1. The average molecular weight is 245 g/mol. The Labute approximate surface area is 103 Å². The Morgan fingerprint density at radius 1 is 1.35 bits per heavy atom. The highest BCUT2D eigenvalue weighted by Gasteiger charge is 2.30. The first-order chi connectivity index (χ1) is 8.27. The van der Waals surface area contributed by atoms with E-state index in [1.807, 2.05) is 0 Å². The molecule has 0 amide bonds. The maximum absolute atomic E-state index is 11.6. The number of carbonyl (C=O) groups is 1. The zero-order valence-corrected chi connectivity index (χ0v) is 10.7. The van der Waals surface area contributed by atoms with Crippen molar-refractivity contribution < 1.29 is 19.0 Å². The maximum atomic E-state index is 11.6. The molecular formula is C12H23NO4. The van der Waals surface area contributed by atoms with Crippen molar-refractivity contribution >= 4 is 5.97 Å². The van der Waals surface area contributed by atoms with Gasteiger partial charge < -0.3 is 19.5 Å². The lowest BCUT2D eigenvalue weighted by Gasteiger charge is -2.10. The van der Waals surface area contributed by atoms with Crippen molar-refractivity contribution in [1.82, 2.24) is 5.32 Å². The van der Waals surface area contributed by atoms with E-state index >= 15 is 0 Å². The van der Waals surface area contributed by atoms with Crippen LogP contribution in [0, 0.1) is 0 Å². The minimum Gasteiger partial charge on any atom is -0.462 e. The van der Waals surface area contributed by atoms with E-state index in [9.17, 15) is 4.79 Å². The lowest BCUT2D eigenvalue weighted by atomic mass is 10.2. The van der Waals surface area contributed by atoms with Crippen molar-refractivity contribution in [3.63, 3.8) is 0 Å². The molecule has 1 aliphatic heterocycles. The number of hydrogen-bond acceptors (Lipinski definition) is 5. The Kier molecular flexibility index (Phi) is 7.16. The molecule has 1 aliphatic rings. The number of rotatable bonds is 8. The number of hydrogen-bond donors (Lipinski definition) is 1. The lowest BCUT2D eigenvalue weighted by molar-refractivity contribution is -0.147. The third kappa shape index (κ3) is 5.48. The van der Waals surface area contributed by atoms with Crippen molar-refractivity contribution in [2.24, 2.45) is 0 Å². The van der Waals surface area contributed by atoms with Gasteiger partial charge in [-0.1, -0.05) is 13.3 Å². The second-order valence-electron chi connectivity index (χ2n) is 4.19. The van der Waals surface area contributed by atoms with Crippen LogP contribution in [-0.2, 0) is 19.0 Å². The van der Waals surface area contributed by atoms with Crippen molar-refractivity contribution in [3.05, 3.63) is 0 Å². The van der Waals surface area contributed by atoms with Gasteiger partial charge in [0, 0.05) is 26.7 Å². The van der Waals surface area contributed by atoms with Crippen LogP contribution in [0.1, 0.15) is 26.2 Å². The minimum atomic E-state index is -0.226. The van der Waals surface area contributed by atoms with E-state index < -0.39 is 0 Å². The van der Waals surface area contributed by atoms with Gasteiger partial charge in [0.15, 0.2) is 0 Å². The van der Waals surface area contributed by atoms with Gasteiger partial charge >= 0.3 is 5.97 Å². The Hall–Kier alpha value is -0.650. The first-order valence-corrected chi connectivity index (χ1v) is 6.28. The smallest absolute Gasteiger partial charge is 0.323 e. The molecule has 2 unspecified atom stereocenters. The Balaban J connectivity index is 2.01. The largest absolute Gasteiger partial charge is 0.462 e. The number of esters is 1. The van der Waals surface area contributed by atoms with E-state index in [1.54, 1.807) is 7.11 Å². The van der Waals surface area contributed by atoms with Gasteiger partial charge in [-0.05, 0) is 6.42 Å². The molecule has 0 aliphatic carbocycles. The predicted molar refractivity (Wildman–Crippen MR) is 63.9 cm³/mol. The summed E-state index contributed by atoms with van der Waals surface area (Å²) in [6.07, 6.45) is 2.97.